The first-order valence-electron chi connectivity index (χ1n) is 13.8. The Bertz CT molecular complexity index is 1390. The van der Waals surface area contributed by atoms with Crippen LogP contribution in [0.25, 0.3) is 0 Å². The minimum Gasteiger partial charge on any atom is -0.502 e. The molecule has 1 unspecified atom stereocenters. The van der Waals surface area contributed by atoms with Crippen molar-refractivity contribution in [1.82, 2.24) is 0 Å². The molecule has 1 aromatic carbocycles. The number of hydrogen-bond donors (Lipinski definition) is 5. The van der Waals surface area contributed by atoms with Gasteiger partial charge in [0, 0.05) is 23.3 Å². The molecular weight excluding hydrogens is 516 g/mol. The monoisotopic (exact) mass is 550 g/mol. The molecule has 0 saturated heterocycles. The van der Waals surface area contributed by atoms with Crippen LogP contribution in [-0.2, 0) is 14.3 Å². The first-order valence-corrected chi connectivity index (χ1v) is 13.8. The molecule has 0 aromatic heterocycles. The minimum absolute atomic E-state index is 0.0604. The van der Waals surface area contributed by atoms with Gasteiger partial charge in [0.2, 0.25) is 11.5 Å². The summed E-state index contributed by atoms with van der Waals surface area (Å²) in [6.45, 7) is 1.65. The van der Waals surface area contributed by atoms with E-state index in [0.717, 1.165) is 36.7 Å². The van der Waals surface area contributed by atoms with E-state index in [2.05, 4.69) is 0 Å². The van der Waals surface area contributed by atoms with Gasteiger partial charge < -0.3 is 35.0 Å². The Morgan fingerprint density at radius 2 is 1.82 bits per heavy atom. The lowest BCUT2D eigenvalue weighted by Gasteiger charge is -2.55. The summed E-state index contributed by atoms with van der Waals surface area (Å²) >= 11 is 0. The fourth-order valence-corrected chi connectivity index (χ4v) is 7.94. The average molecular weight is 551 g/mol. The standard InChI is InChI=1S/C31H34O9/c1-29-13-23(18-4-2-17(14-32)3-5-18)26-21-9-7-20(33)12-19(21)6-8-22(26)24(29)10-11-30(29,37)16-40-31(38)28(36)27(35)25(34)15-39-31/h2-5,12,14-15,22-24,34-38H,6-11,13,16H2,1H3/t22-,23+,24-,29-,30+,31?/m0/s1. The number of aldehydes is 1. The summed E-state index contributed by atoms with van der Waals surface area (Å²) in [5, 5.41) is 52.6. The molecule has 0 bridgehead atoms. The number of carbonyl (C=O) groups excluding carboxylic acids is 2. The molecule has 1 heterocycles. The molecule has 2 fully saturated rings. The van der Waals surface area contributed by atoms with Crippen LogP contribution in [0.4, 0.5) is 0 Å². The van der Waals surface area contributed by atoms with E-state index in [9.17, 15) is 35.1 Å². The second-order valence-corrected chi connectivity index (χ2v) is 12.0. The highest BCUT2D eigenvalue weighted by atomic mass is 16.8. The Morgan fingerprint density at radius 3 is 2.55 bits per heavy atom. The molecule has 212 valence electrons. The summed E-state index contributed by atoms with van der Waals surface area (Å²) in [4.78, 5) is 23.6. The van der Waals surface area contributed by atoms with Crippen LogP contribution in [0.1, 0.15) is 73.7 Å². The van der Waals surface area contributed by atoms with Gasteiger partial charge in [-0.05, 0) is 73.1 Å². The Labute approximate surface area is 231 Å². The zero-order valence-electron chi connectivity index (χ0n) is 22.3. The van der Waals surface area contributed by atoms with Crippen molar-refractivity contribution in [2.75, 3.05) is 6.61 Å². The van der Waals surface area contributed by atoms with Gasteiger partial charge in [-0.15, -0.1) is 0 Å². The quantitative estimate of drug-likeness (QED) is 0.262. The van der Waals surface area contributed by atoms with Gasteiger partial charge in [0.1, 0.15) is 12.5 Å². The summed E-state index contributed by atoms with van der Waals surface area (Å²) in [5.74, 6) is -5.21. The van der Waals surface area contributed by atoms with Crippen LogP contribution >= 0.6 is 0 Å². The van der Waals surface area contributed by atoms with E-state index in [1.54, 1.807) is 18.2 Å². The summed E-state index contributed by atoms with van der Waals surface area (Å²) in [6, 6.07) is 7.52. The third-order valence-corrected chi connectivity index (χ3v) is 10.1. The fourth-order valence-electron chi connectivity index (χ4n) is 7.94. The first-order chi connectivity index (χ1) is 19.0. The Kier molecular flexibility index (Phi) is 6.25. The predicted molar refractivity (Wildman–Crippen MR) is 142 cm³/mol. The van der Waals surface area contributed by atoms with Gasteiger partial charge in [0.05, 0.1) is 12.2 Å². The van der Waals surface area contributed by atoms with Crippen molar-refractivity contribution in [3.8, 4) is 0 Å². The van der Waals surface area contributed by atoms with Crippen molar-refractivity contribution in [3.05, 3.63) is 81.7 Å². The van der Waals surface area contributed by atoms with Crippen LogP contribution in [0.15, 0.2) is 70.6 Å². The summed E-state index contributed by atoms with van der Waals surface area (Å²) in [5.41, 5.74) is 3.25. The molecule has 6 rings (SSSR count). The zero-order chi connectivity index (χ0) is 28.4. The number of allylic oxidation sites excluding steroid dienone is 4. The second kappa shape index (κ2) is 9.33. The first kappa shape index (κ1) is 26.8. The maximum atomic E-state index is 12.2. The molecule has 0 radical (unpaired) electrons. The molecule has 4 aliphatic carbocycles. The van der Waals surface area contributed by atoms with Crippen molar-refractivity contribution < 1.29 is 44.6 Å². The molecule has 9 heteroatoms. The number of rotatable bonds is 5. The maximum Gasteiger partial charge on any atom is 0.391 e. The topological polar surface area (TPSA) is 154 Å². The lowest BCUT2D eigenvalue weighted by Crippen LogP contribution is -2.55. The molecular formula is C31H34O9. The van der Waals surface area contributed by atoms with E-state index in [0.29, 0.717) is 37.5 Å². The molecule has 9 nitrogen and oxygen atoms in total. The number of ketones is 1. The van der Waals surface area contributed by atoms with Crippen molar-refractivity contribution >= 4 is 12.1 Å². The highest BCUT2D eigenvalue weighted by molar-refractivity contribution is 5.93. The summed E-state index contributed by atoms with van der Waals surface area (Å²) < 4.78 is 10.5. The number of carbonyl (C=O) groups is 2. The highest BCUT2D eigenvalue weighted by Crippen LogP contribution is 2.66. The van der Waals surface area contributed by atoms with Gasteiger partial charge in [-0.25, -0.2) is 0 Å². The van der Waals surface area contributed by atoms with Gasteiger partial charge >= 0.3 is 5.97 Å². The second-order valence-electron chi connectivity index (χ2n) is 12.0. The molecule has 5 aliphatic rings. The lowest BCUT2D eigenvalue weighted by molar-refractivity contribution is -0.348. The number of fused-ring (bicyclic) bond motifs is 4. The smallest absolute Gasteiger partial charge is 0.391 e. The lowest BCUT2D eigenvalue weighted by atomic mass is 9.51. The summed E-state index contributed by atoms with van der Waals surface area (Å²) in [6.07, 6.45) is 7.80. The average Bonchev–Trinajstić information content (AvgIpc) is 3.22. The van der Waals surface area contributed by atoms with Gasteiger partial charge in [-0.3, -0.25) is 9.59 Å². The number of aliphatic hydroxyl groups is 5. The van der Waals surface area contributed by atoms with Crippen LogP contribution in [0, 0.1) is 17.3 Å². The van der Waals surface area contributed by atoms with Crippen molar-refractivity contribution in [2.24, 2.45) is 17.3 Å². The fraction of sp³-hybridized carbons (Fsp3) is 0.484. The largest absolute Gasteiger partial charge is 0.502 e. The maximum absolute atomic E-state index is 12.2. The molecule has 0 amide bonds. The molecule has 40 heavy (non-hydrogen) atoms. The van der Waals surface area contributed by atoms with Crippen molar-refractivity contribution in [2.45, 2.75) is 69.4 Å². The highest BCUT2D eigenvalue weighted by Gasteiger charge is 2.63. The van der Waals surface area contributed by atoms with Crippen LogP contribution < -0.4 is 0 Å². The molecule has 0 spiro atoms. The molecule has 1 aromatic rings. The van der Waals surface area contributed by atoms with Gasteiger partial charge in [-0.2, -0.15) is 0 Å². The Balaban J connectivity index is 1.38. The van der Waals surface area contributed by atoms with Gasteiger partial charge in [0.15, 0.2) is 11.5 Å². The zero-order valence-corrected chi connectivity index (χ0v) is 22.3. The van der Waals surface area contributed by atoms with E-state index in [4.69, 9.17) is 9.47 Å². The number of hydrogen-bond acceptors (Lipinski definition) is 9. The van der Waals surface area contributed by atoms with Gasteiger partial charge in [-0.1, -0.05) is 36.8 Å². The number of ether oxygens (including phenoxy) is 2. The van der Waals surface area contributed by atoms with E-state index >= 15 is 0 Å². The molecule has 2 saturated carbocycles. The molecule has 6 atom stereocenters. The van der Waals surface area contributed by atoms with Crippen LogP contribution in [0.2, 0.25) is 0 Å². The summed E-state index contributed by atoms with van der Waals surface area (Å²) in [7, 11) is 0. The van der Waals surface area contributed by atoms with Crippen LogP contribution in [0.3, 0.4) is 0 Å². The van der Waals surface area contributed by atoms with E-state index < -0.39 is 40.9 Å². The Morgan fingerprint density at radius 1 is 1.07 bits per heavy atom. The third-order valence-electron chi connectivity index (χ3n) is 10.1. The van der Waals surface area contributed by atoms with Crippen molar-refractivity contribution in [1.29, 1.82) is 0 Å². The molecule has 5 N–H and O–H groups in total. The van der Waals surface area contributed by atoms with E-state index in [1.807, 2.05) is 19.1 Å². The van der Waals surface area contributed by atoms with Gasteiger partial charge in [0.25, 0.3) is 0 Å². The Hall–Kier alpha value is -3.40. The molecule has 1 aliphatic heterocycles. The predicted octanol–water partition coefficient (Wildman–Crippen LogP) is 4.55. The van der Waals surface area contributed by atoms with E-state index in [-0.39, 0.29) is 23.5 Å². The van der Waals surface area contributed by atoms with E-state index in [1.165, 1.54) is 11.1 Å². The van der Waals surface area contributed by atoms with Crippen LogP contribution in [-0.4, -0.2) is 55.8 Å². The van der Waals surface area contributed by atoms with Crippen LogP contribution in [0.5, 0.6) is 0 Å². The number of benzene rings is 1. The SMILES string of the molecule is C[C@]12C[C@H](c3ccc(C=O)cc3)C3=C4CCC(=O)C=C4CC[C@H]3[C@@H]1CC[C@@]2(O)COC1(O)OC=C(O)C(O)=C1O. The third kappa shape index (κ3) is 3.94. The number of aliphatic hydroxyl groups excluding tert-OH is 3. The van der Waals surface area contributed by atoms with Crippen molar-refractivity contribution in [3.63, 3.8) is 0 Å². The minimum atomic E-state index is -2.76. The normalized spacial score (nSPS) is 37.2.